The van der Waals surface area contributed by atoms with Crippen molar-refractivity contribution >= 4 is 17.3 Å². The smallest absolute Gasteiger partial charge is 0.295 e. The third-order valence-corrected chi connectivity index (χ3v) is 3.03. The zero-order valence-electron chi connectivity index (χ0n) is 13.1. The Morgan fingerprint density at radius 1 is 1.24 bits per heavy atom. The summed E-state index contributed by atoms with van der Waals surface area (Å²) in [4.78, 5) is 18.5. The Morgan fingerprint density at radius 2 is 1.90 bits per heavy atom. The maximum atomic E-state index is 12.3. The molecule has 0 atom stereocenters. The third kappa shape index (κ3) is 3.39. The molecule has 0 spiro atoms. The molecule has 21 heavy (non-hydrogen) atoms. The highest BCUT2D eigenvalue weighted by molar-refractivity contribution is 6.03. The lowest BCUT2D eigenvalue weighted by molar-refractivity contribution is 0.101. The molecule has 0 aliphatic carbocycles. The molecule has 0 bridgehead atoms. The van der Waals surface area contributed by atoms with E-state index in [4.69, 9.17) is 0 Å². The first-order chi connectivity index (χ1) is 9.79. The van der Waals surface area contributed by atoms with E-state index in [0.29, 0.717) is 5.82 Å². The monoisotopic (exact) mass is 287 g/mol. The fraction of sp³-hybridized carbons (Fsp3) is 0.400. The van der Waals surface area contributed by atoms with Crippen molar-refractivity contribution in [1.82, 2.24) is 15.2 Å². The van der Waals surface area contributed by atoms with E-state index in [1.807, 2.05) is 64.0 Å². The molecule has 0 aliphatic rings. The van der Waals surface area contributed by atoms with Crippen LogP contribution in [0, 0.1) is 0 Å². The number of aromatic amines is 1. The average molecular weight is 287 g/mol. The highest BCUT2D eigenvalue weighted by atomic mass is 16.2. The topological polar surface area (TPSA) is 73.9 Å². The van der Waals surface area contributed by atoms with Crippen molar-refractivity contribution in [3.8, 4) is 0 Å². The van der Waals surface area contributed by atoms with Gasteiger partial charge in [0.15, 0.2) is 0 Å². The summed E-state index contributed by atoms with van der Waals surface area (Å²) < 4.78 is 0. The number of hydrogen-bond donors (Lipinski definition) is 2. The predicted octanol–water partition coefficient (Wildman–Crippen LogP) is 2.42. The van der Waals surface area contributed by atoms with Gasteiger partial charge in [-0.05, 0) is 12.1 Å². The van der Waals surface area contributed by atoms with Crippen molar-refractivity contribution in [2.45, 2.75) is 26.2 Å². The fourth-order valence-corrected chi connectivity index (χ4v) is 1.85. The number of rotatable bonds is 3. The van der Waals surface area contributed by atoms with Gasteiger partial charge in [0.05, 0.1) is 11.4 Å². The van der Waals surface area contributed by atoms with Gasteiger partial charge in [-0.1, -0.05) is 32.9 Å². The molecule has 0 radical (unpaired) electrons. The second kappa shape index (κ2) is 5.55. The Kier molecular flexibility index (Phi) is 3.97. The molecule has 0 saturated heterocycles. The Labute approximate surface area is 124 Å². The Hall–Kier alpha value is -2.37. The summed E-state index contributed by atoms with van der Waals surface area (Å²) in [6.45, 7) is 6.03. The Balaban J connectivity index is 2.21. The first kappa shape index (κ1) is 15.0. The molecular formula is C15H21N5O. The van der Waals surface area contributed by atoms with Gasteiger partial charge in [-0.25, -0.2) is 4.98 Å². The van der Waals surface area contributed by atoms with Gasteiger partial charge in [0, 0.05) is 19.5 Å². The summed E-state index contributed by atoms with van der Waals surface area (Å²) in [5, 5.41) is 9.66. The summed E-state index contributed by atoms with van der Waals surface area (Å²) in [6, 6.07) is 7.59. The number of H-pyrrole nitrogens is 1. The van der Waals surface area contributed by atoms with Gasteiger partial charge in [-0.3, -0.25) is 9.89 Å². The van der Waals surface area contributed by atoms with Crippen LogP contribution < -0.4 is 10.2 Å². The van der Waals surface area contributed by atoms with Crippen LogP contribution in [0.4, 0.5) is 11.4 Å². The molecule has 6 heteroatoms. The number of carbonyl (C=O) groups is 1. The second-order valence-electron chi connectivity index (χ2n) is 6.12. The largest absolute Gasteiger partial charge is 0.376 e. The first-order valence-corrected chi connectivity index (χ1v) is 6.79. The van der Waals surface area contributed by atoms with Crippen molar-refractivity contribution in [3.63, 3.8) is 0 Å². The lowest BCUT2D eigenvalue weighted by atomic mass is 9.96. The van der Waals surface area contributed by atoms with Gasteiger partial charge in [0.2, 0.25) is 5.82 Å². The lowest BCUT2D eigenvalue weighted by Gasteiger charge is -2.17. The third-order valence-electron chi connectivity index (χ3n) is 3.03. The lowest BCUT2D eigenvalue weighted by Crippen LogP contribution is -2.18. The maximum Gasteiger partial charge on any atom is 0.295 e. The van der Waals surface area contributed by atoms with Gasteiger partial charge in [0.25, 0.3) is 5.91 Å². The van der Waals surface area contributed by atoms with Crippen LogP contribution in [-0.2, 0) is 5.41 Å². The number of anilines is 2. The minimum absolute atomic E-state index is 0.147. The number of hydrogen-bond acceptors (Lipinski definition) is 4. The standard InChI is InChI=1S/C15H21N5O/c1-15(2,3)14-17-12(18-19-14)13(21)16-10-8-6-7-9-11(10)20(4)5/h6-9H,1-5H3,(H,16,21)(H,17,18,19). The van der Waals surface area contributed by atoms with E-state index in [-0.39, 0.29) is 17.1 Å². The van der Waals surface area contributed by atoms with Crippen LogP contribution in [0.25, 0.3) is 0 Å². The summed E-state index contributed by atoms with van der Waals surface area (Å²) in [7, 11) is 3.85. The first-order valence-electron chi connectivity index (χ1n) is 6.79. The quantitative estimate of drug-likeness (QED) is 0.909. The van der Waals surface area contributed by atoms with E-state index in [1.165, 1.54) is 0 Å². The molecule has 1 aromatic heterocycles. The van der Waals surface area contributed by atoms with Crippen LogP contribution in [0.15, 0.2) is 24.3 Å². The van der Waals surface area contributed by atoms with Crippen molar-refractivity contribution < 1.29 is 4.79 Å². The van der Waals surface area contributed by atoms with Gasteiger partial charge in [-0.15, -0.1) is 5.10 Å². The number of aromatic nitrogens is 3. The van der Waals surface area contributed by atoms with E-state index in [2.05, 4.69) is 20.5 Å². The Morgan fingerprint density at radius 3 is 2.48 bits per heavy atom. The van der Waals surface area contributed by atoms with Crippen LogP contribution >= 0.6 is 0 Å². The zero-order chi connectivity index (χ0) is 15.6. The molecule has 1 aromatic carbocycles. The van der Waals surface area contributed by atoms with E-state index >= 15 is 0 Å². The van der Waals surface area contributed by atoms with Gasteiger partial charge in [-0.2, -0.15) is 0 Å². The minimum Gasteiger partial charge on any atom is -0.376 e. The van der Waals surface area contributed by atoms with E-state index in [1.54, 1.807) is 0 Å². The van der Waals surface area contributed by atoms with Gasteiger partial charge >= 0.3 is 0 Å². The molecule has 6 nitrogen and oxygen atoms in total. The van der Waals surface area contributed by atoms with E-state index < -0.39 is 0 Å². The maximum absolute atomic E-state index is 12.3. The van der Waals surface area contributed by atoms with Crippen molar-refractivity contribution in [2.24, 2.45) is 0 Å². The highest BCUT2D eigenvalue weighted by Crippen LogP contribution is 2.24. The zero-order valence-corrected chi connectivity index (χ0v) is 13.1. The van der Waals surface area contributed by atoms with Crippen molar-refractivity contribution in [3.05, 3.63) is 35.9 Å². The molecule has 0 unspecified atom stereocenters. The van der Waals surface area contributed by atoms with Gasteiger partial charge < -0.3 is 10.2 Å². The molecule has 0 fully saturated rings. The SMILES string of the molecule is CN(C)c1ccccc1NC(=O)c1n[nH]c(C(C)(C)C)n1. The molecular weight excluding hydrogens is 266 g/mol. The summed E-state index contributed by atoms with van der Waals surface area (Å²) in [5.74, 6) is 0.512. The van der Waals surface area contributed by atoms with Crippen LogP contribution in [0.5, 0.6) is 0 Å². The number of carbonyl (C=O) groups excluding carboxylic acids is 1. The molecule has 0 saturated carbocycles. The van der Waals surface area contributed by atoms with Crippen LogP contribution in [0.1, 0.15) is 37.2 Å². The van der Waals surface area contributed by atoms with Crippen molar-refractivity contribution in [1.29, 1.82) is 0 Å². The predicted molar refractivity (Wildman–Crippen MR) is 83.8 cm³/mol. The summed E-state index contributed by atoms with van der Waals surface area (Å²) >= 11 is 0. The van der Waals surface area contributed by atoms with Crippen LogP contribution in [0.3, 0.4) is 0 Å². The summed E-state index contributed by atoms with van der Waals surface area (Å²) in [6.07, 6.45) is 0. The van der Waals surface area contributed by atoms with Crippen molar-refractivity contribution in [2.75, 3.05) is 24.3 Å². The molecule has 1 heterocycles. The molecule has 2 aromatic rings. The number of amides is 1. The molecule has 2 rings (SSSR count). The fourth-order valence-electron chi connectivity index (χ4n) is 1.85. The molecule has 0 aliphatic heterocycles. The van der Waals surface area contributed by atoms with Crippen LogP contribution in [-0.4, -0.2) is 35.2 Å². The average Bonchev–Trinajstić information content (AvgIpc) is 2.88. The second-order valence-corrected chi connectivity index (χ2v) is 6.12. The minimum atomic E-state index is -0.323. The number of nitrogens with zero attached hydrogens (tertiary/aromatic N) is 3. The number of nitrogens with one attached hydrogen (secondary N) is 2. The van der Waals surface area contributed by atoms with E-state index in [9.17, 15) is 4.79 Å². The normalized spacial score (nSPS) is 11.3. The van der Waals surface area contributed by atoms with E-state index in [0.717, 1.165) is 11.4 Å². The Bertz CT molecular complexity index is 640. The molecule has 1 amide bonds. The summed E-state index contributed by atoms with van der Waals surface area (Å²) in [5.41, 5.74) is 1.49. The number of benzene rings is 1. The highest BCUT2D eigenvalue weighted by Gasteiger charge is 2.21. The van der Waals surface area contributed by atoms with Crippen LogP contribution in [0.2, 0.25) is 0 Å². The number of para-hydroxylation sites is 2. The molecule has 112 valence electrons. The van der Waals surface area contributed by atoms with Gasteiger partial charge in [0.1, 0.15) is 5.82 Å². The molecule has 2 N–H and O–H groups in total.